The minimum atomic E-state index is -0.0152. The Morgan fingerprint density at radius 2 is 2.11 bits per heavy atom. The quantitative estimate of drug-likeness (QED) is 0.828. The fourth-order valence-electron chi connectivity index (χ4n) is 2.20. The van der Waals surface area contributed by atoms with Crippen molar-refractivity contribution in [2.45, 2.75) is 38.6 Å². The standard InChI is InChI=1S/C15H18ClNO/c1-11-6-7-12(10-14(11)16)8-9-15(18)17-13-4-2-3-5-13/h6-10,13H,2-5H2,1H3,(H,17,18)/b9-8+. The van der Waals surface area contributed by atoms with Gasteiger partial charge in [-0.2, -0.15) is 0 Å². The molecule has 1 aromatic carbocycles. The molecule has 0 heterocycles. The first-order chi connectivity index (χ1) is 8.65. The van der Waals surface area contributed by atoms with Crippen molar-refractivity contribution >= 4 is 23.6 Å². The highest BCUT2D eigenvalue weighted by Crippen LogP contribution is 2.18. The van der Waals surface area contributed by atoms with Crippen molar-refractivity contribution in [3.05, 3.63) is 40.4 Å². The largest absolute Gasteiger partial charge is 0.350 e. The highest BCUT2D eigenvalue weighted by molar-refractivity contribution is 6.31. The summed E-state index contributed by atoms with van der Waals surface area (Å²) in [7, 11) is 0. The van der Waals surface area contributed by atoms with Gasteiger partial charge in [0.1, 0.15) is 0 Å². The molecule has 1 N–H and O–H groups in total. The molecule has 0 unspecified atom stereocenters. The molecule has 1 aromatic rings. The number of nitrogens with one attached hydrogen (secondary N) is 1. The van der Waals surface area contributed by atoms with E-state index in [9.17, 15) is 4.79 Å². The van der Waals surface area contributed by atoms with Gasteiger partial charge in [-0.25, -0.2) is 0 Å². The van der Waals surface area contributed by atoms with Gasteiger partial charge < -0.3 is 5.32 Å². The van der Waals surface area contributed by atoms with E-state index in [1.807, 2.05) is 25.1 Å². The van der Waals surface area contributed by atoms with E-state index in [2.05, 4.69) is 5.32 Å². The maximum atomic E-state index is 11.7. The second-order valence-electron chi connectivity index (χ2n) is 4.83. The Balaban J connectivity index is 1.92. The number of hydrogen-bond acceptors (Lipinski definition) is 1. The minimum Gasteiger partial charge on any atom is -0.350 e. The maximum Gasteiger partial charge on any atom is 0.244 e. The zero-order chi connectivity index (χ0) is 13.0. The second kappa shape index (κ2) is 6.05. The van der Waals surface area contributed by atoms with E-state index in [0.29, 0.717) is 6.04 Å². The summed E-state index contributed by atoms with van der Waals surface area (Å²) in [6, 6.07) is 6.15. The molecular weight excluding hydrogens is 246 g/mol. The van der Waals surface area contributed by atoms with Gasteiger partial charge in [-0.15, -0.1) is 0 Å². The molecule has 1 fully saturated rings. The first-order valence-electron chi connectivity index (χ1n) is 6.40. The van der Waals surface area contributed by atoms with Crippen LogP contribution in [0.4, 0.5) is 0 Å². The van der Waals surface area contributed by atoms with Crippen LogP contribution < -0.4 is 5.32 Å². The first-order valence-corrected chi connectivity index (χ1v) is 6.77. The predicted octanol–water partition coefficient (Wildman–Crippen LogP) is 3.72. The Morgan fingerprint density at radius 3 is 2.78 bits per heavy atom. The van der Waals surface area contributed by atoms with E-state index >= 15 is 0 Å². The Hall–Kier alpha value is -1.28. The van der Waals surface area contributed by atoms with Crippen molar-refractivity contribution in [1.82, 2.24) is 5.32 Å². The molecule has 3 heteroatoms. The molecule has 0 radical (unpaired) electrons. The zero-order valence-electron chi connectivity index (χ0n) is 10.6. The number of halogens is 1. The first kappa shape index (κ1) is 13.2. The average Bonchev–Trinajstić information content (AvgIpc) is 2.83. The van der Waals surface area contributed by atoms with Gasteiger partial charge in [0.25, 0.3) is 0 Å². The SMILES string of the molecule is Cc1ccc(/C=C/C(=O)NC2CCCC2)cc1Cl. The van der Waals surface area contributed by atoms with E-state index < -0.39 is 0 Å². The number of carbonyl (C=O) groups is 1. The van der Waals surface area contributed by atoms with Crippen molar-refractivity contribution in [2.24, 2.45) is 0 Å². The molecule has 0 bridgehead atoms. The van der Waals surface area contributed by atoms with Crippen LogP contribution in [0.1, 0.15) is 36.8 Å². The molecular formula is C15H18ClNO. The summed E-state index contributed by atoms with van der Waals surface area (Å²) in [6.45, 7) is 1.96. The van der Waals surface area contributed by atoms with Crippen LogP contribution in [0.15, 0.2) is 24.3 Å². The van der Waals surface area contributed by atoms with Crippen molar-refractivity contribution in [1.29, 1.82) is 0 Å². The van der Waals surface area contributed by atoms with E-state index in [0.717, 1.165) is 29.0 Å². The molecule has 1 aliphatic carbocycles. The lowest BCUT2D eigenvalue weighted by Gasteiger charge is -2.09. The van der Waals surface area contributed by atoms with Gasteiger partial charge in [0, 0.05) is 17.1 Å². The average molecular weight is 264 g/mol. The number of aryl methyl sites for hydroxylation is 1. The van der Waals surface area contributed by atoms with Gasteiger partial charge in [-0.3, -0.25) is 4.79 Å². The van der Waals surface area contributed by atoms with Crippen molar-refractivity contribution in [3.8, 4) is 0 Å². The minimum absolute atomic E-state index is 0.0152. The lowest BCUT2D eigenvalue weighted by atomic mass is 10.1. The summed E-state index contributed by atoms with van der Waals surface area (Å²) >= 11 is 6.03. The van der Waals surface area contributed by atoms with E-state index in [4.69, 9.17) is 11.6 Å². The molecule has 0 atom stereocenters. The number of hydrogen-bond donors (Lipinski definition) is 1. The monoisotopic (exact) mass is 263 g/mol. The fraction of sp³-hybridized carbons (Fsp3) is 0.400. The highest BCUT2D eigenvalue weighted by Gasteiger charge is 2.15. The summed E-state index contributed by atoms with van der Waals surface area (Å²) in [5.74, 6) is -0.0152. The van der Waals surface area contributed by atoms with Crippen LogP contribution in [0.2, 0.25) is 5.02 Å². The van der Waals surface area contributed by atoms with Crippen LogP contribution in [0.25, 0.3) is 6.08 Å². The van der Waals surface area contributed by atoms with Crippen LogP contribution in [0.5, 0.6) is 0 Å². The van der Waals surface area contributed by atoms with E-state index in [-0.39, 0.29) is 5.91 Å². The number of amides is 1. The smallest absolute Gasteiger partial charge is 0.244 e. The Morgan fingerprint density at radius 1 is 1.39 bits per heavy atom. The predicted molar refractivity (Wildman–Crippen MR) is 75.6 cm³/mol. The van der Waals surface area contributed by atoms with Gasteiger partial charge in [-0.05, 0) is 43.0 Å². The summed E-state index contributed by atoms with van der Waals surface area (Å²) in [5.41, 5.74) is 2.00. The molecule has 0 spiro atoms. The fourth-order valence-corrected chi connectivity index (χ4v) is 2.39. The number of rotatable bonds is 3. The highest BCUT2D eigenvalue weighted by atomic mass is 35.5. The molecule has 96 valence electrons. The van der Waals surface area contributed by atoms with Crippen LogP contribution in [0, 0.1) is 6.92 Å². The summed E-state index contributed by atoms with van der Waals surface area (Å²) < 4.78 is 0. The molecule has 1 aliphatic rings. The van der Waals surface area contributed by atoms with Crippen LogP contribution in [-0.2, 0) is 4.79 Å². The summed E-state index contributed by atoms with van der Waals surface area (Å²) in [6.07, 6.45) is 8.05. The third-order valence-corrected chi connectivity index (χ3v) is 3.73. The van der Waals surface area contributed by atoms with E-state index in [1.54, 1.807) is 12.2 Å². The Kier molecular flexibility index (Phi) is 4.43. The Bertz CT molecular complexity index is 462. The molecule has 0 aliphatic heterocycles. The molecule has 2 rings (SSSR count). The van der Waals surface area contributed by atoms with Crippen molar-refractivity contribution in [2.75, 3.05) is 0 Å². The summed E-state index contributed by atoms with van der Waals surface area (Å²) in [4.78, 5) is 11.7. The van der Waals surface area contributed by atoms with Crippen molar-refractivity contribution in [3.63, 3.8) is 0 Å². The van der Waals surface area contributed by atoms with Crippen LogP contribution in [-0.4, -0.2) is 11.9 Å². The molecule has 0 saturated heterocycles. The lowest BCUT2D eigenvalue weighted by Crippen LogP contribution is -2.30. The number of carbonyl (C=O) groups excluding carboxylic acids is 1. The normalized spacial score (nSPS) is 16.3. The molecule has 2 nitrogen and oxygen atoms in total. The maximum absolute atomic E-state index is 11.7. The Labute approximate surface area is 113 Å². The molecule has 0 aromatic heterocycles. The third kappa shape index (κ3) is 3.61. The summed E-state index contributed by atoms with van der Waals surface area (Å²) in [5, 5.41) is 3.75. The van der Waals surface area contributed by atoms with Crippen LogP contribution >= 0.6 is 11.6 Å². The van der Waals surface area contributed by atoms with Crippen LogP contribution in [0.3, 0.4) is 0 Å². The zero-order valence-corrected chi connectivity index (χ0v) is 11.3. The molecule has 1 saturated carbocycles. The third-order valence-electron chi connectivity index (χ3n) is 3.32. The lowest BCUT2D eigenvalue weighted by molar-refractivity contribution is -0.117. The molecule has 1 amide bonds. The van der Waals surface area contributed by atoms with Gasteiger partial charge in [-0.1, -0.05) is 36.6 Å². The molecule has 18 heavy (non-hydrogen) atoms. The van der Waals surface area contributed by atoms with Gasteiger partial charge in [0.05, 0.1) is 0 Å². The van der Waals surface area contributed by atoms with Gasteiger partial charge in [0.2, 0.25) is 5.91 Å². The van der Waals surface area contributed by atoms with E-state index in [1.165, 1.54) is 12.8 Å². The van der Waals surface area contributed by atoms with Crippen molar-refractivity contribution < 1.29 is 4.79 Å². The van der Waals surface area contributed by atoms with Gasteiger partial charge in [0.15, 0.2) is 0 Å². The topological polar surface area (TPSA) is 29.1 Å². The second-order valence-corrected chi connectivity index (χ2v) is 5.24. The number of benzene rings is 1. The van der Waals surface area contributed by atoms with Gasteiger partial charge >= 0.3 is 0 Å².